The predicted octanol–water partition coefficient (Wildman–Crippen LogP) is 12.0. The Morgan fingerprint density at radius 1 is 0.552 bits per heavy atom. The zero-order valence-electron chi connectivity index (χ0n) is 61.6. The molecule has 3 radical (unpaired) electrons. The minimum absolute atomic E-state index is 0. The number of likely N-dealkylation sites (N-methyl/N-ethyl adjacent to an activating group) is 1. The van der Waals surface area contributed by atoms with E-state index in [-0.39, 0.29) is 40.5 Å². The van der Waals surface area contributed by atoms with E-state index in [1.807, 2.05) is 91.0 Å². The van der Waals surface area contributed by atoms with Crippen molar-refractivity contribution in [2.24, 2.45) is 34.0 Å². The molecule has 11 rings (SSSR count). The number of phenols is 1. The highest BCUT2D eigenvalue weighted by molar-refractivity contribution is 6.76. The van der Waals surface area contributed by atoms with Crippen molar-refractivity contribution in [3.63, 3.8) is 0 Å². The third kappa shape index (κ3) is 21.2. The third-order valence-electron chi connectivity index (χ3n) is 19.6. The molecule has 28 heteroatoms. The maximum Gasteiger partial charge on any atom is 0.313 e. The summed E-state index contributed by atoms with van der Waals surface area (Å²) in [5.41, 5.74) is 5.14. The number of carbonyl (C=O) groups is 6. The van der Waals surface area contributed by atoms with Crippen LogP contribution in [0.4, 0.5) is 5.82 Å². The molecule has 561 valence electrons. The SMILES string of the molecule is CCOC(=O)[C@@]1(Cc2ccc(O)cc2)CC1C(=O)N(CC[Si](C)(C)C)OO.CCOC(=O)[C@@]1(Cc2ccc(OCc3cc(Cl)nc4ccccc34)cc2)CC1C(=O)N(CC[Si](C)(C)C)OO.CCOC(=O)[C@@]1(Cc2ccc(OCc3cc(N4CCN(C)CC4)nc4ccccc34)cc2)CC1C(=O)NO.[B]. The lowest BCUT2D eigenvalue weighted by atomic mass is 9.93. The van der Waals surface area contributed by atoms with Crippen molar-refractivity contribution in [2.75, 3.05) is 71.0 Å². The number of aromatic nitrogens is 2. The average molecular weight is 1500 g/mol. The summed E-state index contributed by atoms with van der Waals surface area (Å²) in [6, 6.07) is 42.9. The average Bonchev–Trinajstić information content (AvgIpc) is 1.56. The monoisotopic (exact) mass is 1490 g/mol. The van der Waals surface area contributed by atoms with Crippen LogP contribution in [0, 0.1) is 34.0 Å². The van der Waals surface area contributed by atoms with E-state index in [9.17, 15) is 44.4 Å². The van der Waals surface area contributed by atoms with E-state index >= 15 is 0 Å². The van der Waals surface area contributed by atoms with Crippen LogP contribution in [0.3, 0.4) is 0 Å². The summed E-state index contributed by atoms with van der Waals surface area (Å²) in [5, 5.41) is 41.4. The van der Waals surface area contributed by atoms with Gasteiger partial charge in [-0.2, -0.15) is 10.1 Å². The number of nitrogens with one attached hydrogen (secondary N) is 1. The number of hydrogen-bond donors (Lipinski definition) is 5. The Kier molecular flexibility index (Phi) is 28.3. The van der Waals surface area contributed by atoms with E-state index in [0.29, 0.717) is 74.9 Å². The molecule has 3 amide bonds. The molecule has 24 nitrogen and oxygen atoms in total. The number of esters is 3. The molecule has 7 aromatic rings. The van der Waals surface area contributed by atoms with Crippen molar-refractivity contribution in [2.45, 2.75) is 124 Å². The molecule has 5 aromatic carbocycles. The zero-order chi connectivity index (χ0) is 75.2. The van der Waals surface area contributed by atoms with Gasteiger partial charge in [0.25, 0.3) is 11.8 Å². The van der Waals surface area contributed by atoms with Crippen molar-refractivity contribution in [1.82, 2.24) is 30.5 Å². The third-order valence-corrected chi connectivity index (χ3v) is 23.3. The van der Waals surface area contributed by atoms with Crippen LogP contribution in [0.5, 0.6) is 17.2 Å². The van der Waals surface area contributed by atoms with Crippen LogP contribution in [0.25, 0.3) is 21.8 Å². The van der Waals surface area contributed by atoms with E-state index in [1.165, 1.54) is 0 Å². The quantitative estimate of drug-likeness (QED) is 0.00531. The van der Waals surface area contributed by atoms with Gasteiger partial charge in [0.15, 0.2) is 0 Å². The highest BCUT2D eigenvalue weighted by Crippen LogP contribution is 2.59. The van der Waals surface area contributed by atoms with E-state index in [2.05, 4.69) is 83.2 Å². The Balaban J connectivity index is 0.000000202. The van der Waals surface area contributed by atoms with Gasteiger partial charge < -0.3 is 38.6 Å². The van der Waals surface area contributed by atoms with E-state index in [0.717, 1.165) is 104 Å². The van der Waals surface area contributed by atoms with Crippen molar-refractivity contribution in [3.05, 3.63) is 166 Å². The molecule has 0 spiro atoms. The number of nitrogens with zero attached hydrogens (tertiary/aromatic N) is 6. The standard InChI is InChI=1S/C29H35ClN2O6Si.C29H34N4O5.C19H29NO6Si.B/c1-5-36-28(34)29(18-24(29)27(33)32(38-35)14-15-39(2,3)4)17-20-10-12-22(13-11-20)37-19-21-16-26(30)31-25-9-7-6-8-23(21)25;1-3-37-28(35)29(18-24(29)27(34)31-36)17-20-8-10-22(11-9-20)38-19-21-16-26(33-14-12-32(2)13-15-33)30-25-7-5-4-6-23(21)25;1-5-25-18(23)19(12-14-6-8-15(21)9-7-14)13-16(19)17(22)20(26-24)10-11-27(2,3)4;/h6-13,16,24,35H,5,14-15,17-19H2,1-4H3;4-11,16,24,36H,3,12-15,17-19H2,1-2H3,(H,31,34);6-9,16,21,24H,5,10-13H2,1-4H3;/t2*24?,29-;16?,19-;/m000./s1. The lowest BCUT2D eigenvalue weighted by Crippen LogP contribution is -2.44. The van der Waals surface area contributed by atoms with E-state index < -0.39 is 85.8 Å². The highest BCUT2D eigenvalue weighted by atomic mass is 35.5. The van der Waals surface area contributed by atoms with Crippen molar-refractivity contribution >= 4 is 99.4 Å². The first kappa shape index (κ1) is 82.1. The molecule has 0 bridgehead atoms. The van der Waals surface area contributed by atoms with Crippen LogP contribution in [0.2, 0.25) is 56.5 Å². The number of piperazine rings is 1. The summed E-state index contributed by atoms with van der Waals surface area (Å²) >= 11 is 6.19. The number of halogens is 1. The molecule has 5 N–H and O–H groups in total. The summed E-state index contributed by atoms with van der Waals surface area (Å²) in [4.78, 5) is 98.9. The molecular formula is C77H98BClN7O17Si2. The number of fused-ring (bicyclic) bond motifs is 2. The van der Waals surface area contributed by atoms with Crippen LogP contribution >= 0.6 is 11.6 Å². The number of anilines is 1. The van der Waals surface area contributed by atoms with Gasteiger partial charge in [0.2, 0.25) is 5.91 Å². The molecule has 2 aromatic heterocycles. The Labute approximate surface area is 622 Å². The first-order valence-corrected chi connectivity index (χ1v) is 43.2. The number of hydrogen-bond acceptors (Lipinski definition) is 21. The molecule has 105 heavy (non-hydrogen) atoms. The summed E-state index contributed by atoms with van der Waals surface area (Å²) in [5.74, 6) is -1.92. The number of benzene rings is 5. The Morgan fingerprint density at radius 3 is 1.33 bits per heavy atom. The molecule has 6 atom stereocenters. The molecule has 3 unspecified atom stereocenters. The maximum atomic E-state index is 13.2. The Hall–Kier alpha value is -8.51. The fourth-order valence-corrected chi connectivity index (χ4v) is 15.2. The summed E-state index contributed by atoms with van der Waals surface area (Å²) in [7, 11) is -0.770. The van der Waals surface area contributed by atoms with Gasteiger partial charge in [-0.05, 0) is 156 Å². The Morgan fingerprint density at radius 2 is 0.933 bits per heavy atom. The zero-order valence-corrected chi connectivity index (χ0v) is 64.4. The highest BCUT2D eigenvalue weighted by Gasteiger charge is 2.67. The number of amides is 3. The van der Waals surface area contributed by atoms with Crippen molar-refractivity contribution in [3.8, 4) is 17.2 Å². The minimum Gasteiger partial charge on any atom is -0.508 e. The second-order valence-corrected chi connectivity index (χ2v) is 41.3. The summed E-state index contributed by atoms with van der Waals surface area (Å²) < 4.78 is 28.0. The summed E-state index contributed by atoms with van der Waals surface area (Å²) in [6.07, 6.45) is 2.05. The molecule has 3 heterocycles. The van der Waals surface area contributed by atoms with Crippen LogP contribution in [0.1, 0.15) is 67.9 Å². The number of rotatable bonds is 30. The van der Waals surface area contributed by atoms with Gasteiger partial charge in [-0.1, -0.05) is 124 Å². The lowest BCUT2D eigenvalue weighted by Gasteiger charge is -2.33. The van der Waals surface area contributed by atoms with Gasteiger partial charge in [0.05, 0.1) is 64.9 Å². The fourth-order valence-electron chi connectivity index (χ4n) is 13.2. The second-order valence-electron chi connectivity index (χ2n) is 29.7. The van der Waals surface area contributed by atoms with Gasteiger partial charge >= 0.3 is 17.9 Å². The fraction of sp³-hybridized carbons (Fsp3) is 0.455. The van der Waals surface area contributed by atoms with E-state index in [4.69, 9.17) is 45.5 Å². The largest absolute Gasteiger partial charge is 0.508 e. The van der Waals surface area contributed by atoms with Crippen molar-refractivity contribution in [1.29, 1.82) is 0 Å². The first-order chi connectivity index (χ1) is 49.6. The lowest BCUT2D eigenvalue weighted by molar-refractivity contribution is -0.378. The molecule has 1 saturated heterocycles. The molecule has 3 aliphatic carbocycles. The summed E-state index contributed by atoms with van der Waals surface area (Å²) in [6.45, 7) is 24.1. The normalized spacial score (nSPS) is 20.1. The molecule has 3 saturated carbocycles. The number of phenolic OH excluding ortho intramolecular Hbond substituents is 1. The number of ether oxygens (including phenoxy) is 5. The maximum absolute atomic E-state index is 13.2. The first-order valence-electron chi connectivity index (χ1n) is 35.4. The molecular weight excluding hydrogens is 1400 g/mol. The number of carbonyl (C=O) groups excluding carboxylic acids is 6. The van der Waals surface area contributed by atoms with Gasteiger partial charge in [-0.3, -0.25) is 34.0 Å². The van der Waals surface area contributed by atoms with Crippen LogP contribution in [-0.2, 0) is 85.4 Å². The number of hydroxylamine groups is 5. The van der Waals surface area contributed by atoms with Gasteiger partial charge in [-0.25, -0.2) is 26.0 Å². The Bertz CT molecular complexity index is 4130. The van der Waals surface area contributed by atoms with E-state index in [1.54, 1.807) is 56.6 Å². The number of pyridine rings is 2. The van der Waals surface area contributed by atoms with Crippen LogP contribution in [-0.4, -0.2) is 172 Å². The number of para-hydroxylation sites is 2. The molecule has 4 aliphatic rings. The van der Waals surface area contributed by atoms with Gasteiger partial charge in [0.1, 0.15) is 41.4 Å². The molecule has 1 aliphatic heterocycles. The topological polar surface area (TPSA) is 299 Å². The van der Waals surface area contributed by atoms with Gasteiger partial charge in [-0.15, -0.1) is 9.98 Å². The smallest absolute Gasteiger partial charge is 0.313 e. The molecule has 4 fully saturated rings. The van der Waals surface area contributed by atoms with Crippen LogP contribution in [0.15, 0.2) is 133 Å². The predicted molar refractivity (Wildman–Crippen MR) is 403 cm³/mol. The van der Waals surface area contributed by atoms with Gasteiger partial charge in [0, 0.05) is 85.7 Å². The van der Waals surface area contributed by atoms with Crippen molar-refractivity contribution < 1.29 is 83.3 Å². The van der Waals surface area contributed by atoms with Crippen LogP contribution < -0.4 is 19.9 Å². The second kappa shape index (κ2) is 36.2. The number of aromatic hydroxyl groups is 1. The minimum atomic E-state index is -1.48.